The van der Waals surface area contributed by atoms with Crippen molar-refractivity contribution in [3.8, 4) is 28.5 Å². The molecule has 13 heteroatoms. The minimum Gasteiger partial charge on any atom is -0.453 e. The molecule has 2 saturated heterocycles. The van der Waals surface area contributed by atoms with E-state index in [0.717, 1.165) is 81.6 Å². The van der Waals surface area contributed by atoms with Crippen LogP contribution in [-0.4, -0.2) is 89.8 Å². The second-order valence-corrected chi connectivity index (χ2v) is 17.2. The molecule has 1 saturated carbocycles. The number of aromatic amines is 1. The summed E-state index contributed by atoms with van der Waals surface area (Å²) in [7, 11) is 2.67. The van der Waals surface area contributed by atoms with Crippen molar-refractivity contribution >= 4 is 34.6 Å². The first-order valence-electron chi connectivity index (χ1n) is 21.3. The van der Waals surface area contributed by atoms with E-state index in [4.69, 9.17) is 14.5 Å². The first-order chi connectivity index (χ1) is 29.4. The lowest BCUT2D eigenvalue weighted by Crippen LogP contribution is -2.51. The molecule has 0 radical (unpaired) electrons. The molecule has 3 heterocycles. The van der Waals surface area contributed by atoms with Crippen molar-refractivity contribution in [2.75, 3.05) is 33.9 Å². The Morgan fingerprint density at radius 1 is 1.00 bits per heavy atom. The zero-order chi connectivity index (χ0) is 43.4. The number of nitriles is 1. The number of ether oxygens (including phenoxy) is 2. The standard InChI is InChI=1S/C48H58N8O5/c1-8-38(52-46(58)60-6)27-55-26-31(24-49)20-41(55)30(5)51-39(9-2)37-17-16-35-21-34(14-15-36(35)22-37)32-10-12-33(13-11-32)40-25-50-44(53-40)42-23-48(18-19-48)28-56(42)45(57)43(29(3)4)54-47(59)61-7/h9-17,21-22,25,29,31,38,41-43,51H,5,8,18-20,23,26-28H2,1-4,6-7H3,(H,50,53)(H,52,58)(H,54,59)/b39-9-/t31-,38+,41+,42+,43+/m1/s1. The largest absolute Gasteiger partial charge is 0.453 e. The van der Waals surface area contributed by atoms with Gasteiger partial charge < -0.3 is 35.3 Å². The van der Waals surface area contributed by atoms with Gasteiger partial charge in [0.05, 0.1) is 50.2 Å². The number of carbonyl (C=O) groups excluding carboxylic acids is 3. The Morgan fingerprint density at radius 3 is 2.33 bits per heavy atom. The summed E-state index contributed by atoms with van der Waals surface area (Å²) in [6, 6.07) is 22.7. The van der Waals surface area contributed by atoms with Gasteiger partial charge in [0, 0.05) is 37.1 Å². The highest BCUT2D eigenvalue weighted by molar-refractivity contribution is 5.90. The molecule has 7 rings (SSSR count). The van der Waals surface area contributed by atoms with Gasteiger partial charge in [0.15, 0.2) is 0 Å². The van der Waals surface area contributed by atoms with E-state index in [9.17, 15) is 19.6 Å². The number of alkyl carbamates (subject to hydrolysis) is 2. The molecule has 3 aliphatic rings. The Labute approximate surface area is 358 Å². The highest BCUT2D eigenvalue weighted by Gasteiger charge is 2.55. The van der Waals surface area contributed by atoms with Gasteiger partial charge in [-0.2, -0.15) is 5.26 Å². The number of allylic oxidation sites excluding steroid dienone is 1. The van der Waals surface area contributed by atoms with Crippen molar-refractivity contribution in [2.45, 2.75) is 84.0 Å². The molecule has 3 fully saturated rings. The smallest absolute Gasteiger partial charge is 0.407 e. The van der Waals surface area contributed by atoms with Crippen molar-refractivity contribution in [1.29, 1.82) is 5.26 Å². The normalized spacial score (nSPS) is 20.6. The summed E-state index contributed by atoms with van der Waals surface area (Å²) in [5, 5.41) is 21.2. The van der Waals surface area contributed by atoms with Crippen LogP contribution in [0, 0.1) is 28.6 Å². The van der Waals surface area contributed by atoms with Crippen LogP contribution >= 0.6 is 0 Å². The molecular weight excluding hydrogens is 769 g/mol. The monoisotopic (exact) mass is 826 g/mol. The van der Waals surface area contributed by atoms with Crippen LogP contribution in [0.3, 0.4) is 0 Å². The maximum Gasteiger partial charge on any atom is 0.407 e. The number of rotatable bonds is 14. The number of imidazole rings is 1. The predicted octanol–water partition coefficient (Wildman–Crippen LogP) is 8.14. The van der Waals surface area contributed by atoms with Crippen LogP contribution in [0.2, 0.25) is 0 Å². The number of fused-ring (bicyclic) bond motifs is 1. The van der Waals surface area contributed by atoms with E-state index in [-0.39, 0.29) is 41.3 Å². The van der Waals surface area contributed by atoms with E-state index in [1.54, 1.807) is 0 Å². The van der Waals surface area contributed by atoms with Crippen molar-refractivity contribution in [1.82, 2.24) is 35.7 Å². The van der Waals surface area contributed by atoms with Crippen LogP contribution in [0.1, 0.15) is 77.2 Å². The van der Waals surface area contributed by atoms with Crippen molar-refractivity contribution in [2.24, 2.45) is 17.3 Å². The van der Waals surface area contributed by atoms with Gasteiger partial charge in [-0.15, -0.1) is 0 Å². The van der Waals surface area contributed by atoms with Crippen LogP contribution < -0.4 is 16.0 Å². The molecule has 3 aromatic carbocycles. The molecule has 2 aliphatic heterocycles. The lowest BCUT2D eigenvalue weighted by molar-refractivity contribution is -0.135. The molecule has 320 valence electrons. The summed E-state index contributed by atoms with van der Waals surface area (Å²) in [6.07, 6.45) is 7.23. The SMILES string of the molecule is C=C(N/C(=C\C)c1ccc2cc(-c3ccc(-c4cnc([C@@H]5CC6(CC6)CN5C(=O)[C@@H](NC(=O)OC)C(C)C)[nH]4)cc3)ccc2c1)[C@@H]1C[C@H](C#N)CN1C[C@H](CC)NC(=O)OC. The maximum absolute atomic E-state index is 13.9. The van der Waals surface area contributed by atoms with E-state index in [1.807, 2.05) is 44.9 Å². The summed E-state index contributed by atoms with van der Waals surface area (Å²) < 4.78 is 9.64. The van der Waals surface area contributed by atoms with Crippen LogP contribution in [0.4, 0.5) is 9.59 Å². The predicted molar refractivity (Wildman–Crippen MR) is 236 cm³/mol. The third kappa shape index (κ3) is 9.45. The van der Waals surface area contributed by atoms with Crippen LogP contribution in [-0.2, 0) is 14.3 Å². The van der Waals surface area contributed by atoms with E-state index >= 15 is 0 Å². The summed E-state index contributed by atoms with van der Waals surface area (Å²) in [5.41, 5.74) is 6.97. The highest BCUT2D eigenvalue weighted by Crippen LogP contribution is 2.58. The topological polar surface area (TPSA) is 165 Å². The molecule has 4 aromatic rings. The van der Waals surface area contributed by atoms with E-state index in [2.05, 4.69) is 99.1 Å². The number of aromatic nitrogens is 2. The van der Waals surface area contributed by atoms with Crippen molar-refractivity contribution in [3.63, 3.8) is 0 Å². The van der Waals surface area contributed by atoms with Gasteiger partial charge in [-0.05, 0) is 95.5 Å². The molecule has 0 bridgehead atoms. The highest BCUT2D eigenvalue weighted by atomic mass is 16.5. The molecule has 61 heavy (non-hydrogen) atoms. The number of hydrogen-bond donors (Lipinski definition) is 4. The van der Waals surface area contributed by atoms with Gasteiger partial charge in [0.2, 0.25) is 5.91 Å². The number of nitrogens with one attached hydrogen (secondary N) is 4. The molecule has 1 aliphatic carbocycles. The summed E-state index contributed by atoms with van der Waals surface area (Å²) in [5.74, 6) is 0.425. The number of nitrogens with zero attached hydrogens (tertiary/aromatic N) is 4. The quantitative estimate of drug-likeness (QED) is 0.0983. The molecule has 3 amide bonds. The van der Waals surface area contributed by atoms with E-state index in [1.165, 1.54) is 14.2 Å². The Hall–Kier alpha value is -6.13. The number of methoxy groups -OCH3 is 2. The van der Waals surface area contributed by atoms with Crippen molar-refractivity contribution < 1.29 is 23.9 Å². The lowest BCUT2D eigenvalue weighted by atomic mass is 9.98. The van der Waals surface area contributed by atoms with Gasteiger partial charge in [0.25, 0.3) is 0 Å². The van der Waals surface area contributed by atoms with Gasteiger partial charge in [-0.1, -0.05) is 82.0 Å². The molecule has 4 N–H and O–H groups in total. The van der Waals surface area contributed by atoms with E-state index in [0.29, 0.717) is 26.1 Å². The average molecular weight is 827 g/mol. The summed E-state index contributed by atoms with van der Waals surface area (Å²) >= 11 is 0. The molecule has 1 aromatic heterocycles. The number of carbonyl (C=O) groups is 3. The molecule has 0 unspecified atom stereocenters. The van der Waals surface area contributed by atoms with Gasteiger partial charge in [0.1, 0.15) is 11.9 Å². The molecule has 5 atom stereocenters. The Bertz CT molecular complexity index is 2340. The second kappa shape index (κ2) is 18.2. The lowest BCUT2D eigenvalue weighted by Gasteiger charge is -2.30. The van der Waals surface area contributed by atoms with E-state index < -0.39 is 18.2 Å². The zero-order valence-corrected chi connectivity index (χ0v) is 36.1. The maximum atomic E-state index is 13.9. The number of benzene rings is 3. The Kier molecular flexibility index (Phi) is 12.8. The minimum absolute atomic E-state index is 0.0677. The van der Waals surface area contributed by atoms with Crippen LogP contribution in [0.15, 0.2) is 85.2 Å². The molecular formula is C48H58N8O5. The summed E-state index contributed by atoms with van der Waals surface area (Å²) in [6.45, 7) is 14.1. The van der Waals surface area contributed by atoms with Gasteiger partial charge in [-0.3, -0.25) is 9.69 Å². The third-order valence-corrected chi connectivity index (χ3v) is 12.8. The average Bonchev–Trinajstić information content (AvgIpc) is 3.56. The van der Waals surface area contributed by atoms with Crippen LogP contribution in [0.5, 0.6) is 0 Å². The number of likely N-dealkylation sites (tertiary alicyclic amines) is 2. The number of H-pyrrole nitrogens is 1. The fourth-order valence-electron chi connectivity index (χ4n) is 8.95. The second-order valence-electron chi connectivity index (χ2n) is 17.2. The number of hydrogen-bond acceptors (Lipinski definition) is 9. The Balaban J connectivity index is 1.02. The minimum atomic E-state index is -0.686. The first kappa shape index (κ1) is 43.0. The number of amides is 3. The Morgan fingerprint density at radius 2 is 1.67 bits per heavy atom. The molecule has 13 nitrogen and oxygen atoms in total. The first-order valence-corrected chi connectivity index (χ1v) is 21.3. The zero-order valence-electron chi connectivity index (χ0n) is 36.1. The fraction of sp³-hybridized carbons (Fsp3) is 0.438. The molecule has 1 spiro atoms. The summed E-state index contributed by atoms with van der Waals surface area (Å²) in [4.78, 5) is 50.4. The van der Waals surface area contributed by atoms with Crippen molar-refractivity contribution in [3.05, 3.63) is 96.6 Å². The van der Waals surface area contributed by atoms with Gasteiger partial charge >= 0.3 is 12.2 Å². The fourth-order valence-corrected chi connectivity index (χ4v) is 8.95. The van der Waals surface area contributed by atoms with Gasteiger partial charge in [-0.25, -0.2) is 14.6 Å². The van der Waals surface area contributed by atoms with Crippen LogP contribution in [0.25, 0.3) is 38.9 Å². The third-order valence-electron chi connectivity index (χ3n) is 12.8.